The van der Waals surface area contributed by atoms with Crippen LogP contribution in [0.1, 0.15) is 47.1 Å². The SMILES string of the molecule is CC(C)c1ccc2nc(Cc3cccc(C(N)=O)c3)[nH]c(=O)c2c1. The molecule has 0 saturated carbocycles. The van der Waals surface area contributed by atoms with E-state index in [2.05, 4.69) is 23.8 Å². The number of primary amides is 1. The van der Waals surface area contributed by atoms with Gasteiger partial charge in [0.25, 0.3) is 5.56 Å². The van der Waals surface area contributed by atoms with E-state index in [1.165, 1.54) is 0 Å². The van der Waals surface area contributed by atoms with E-state index in [4.69, 9.17) is 5.73 Å². The number of H-pyrrole nitrogens is 1. The van der Waals surface area contributed by atoms with Gasteiger partial charge in [-0.05, 0) is 41.3 Å². The van der Waals surface area contributed by atoms with E-state index in [0.29, 0.717) is 34.6 Å². The number of hydrogen-bond donors (Lipinski definition) is 2. The predicted octanol–water partition coefficient (Wildman–Crippen LogP) is 2.74. The van der Waals surface area contributed by atoms with Crippen molar-refractivity contribution in [2.24, 2.45) is 5.73 Å². The quantitative estimate of drug-likeness (QED) is 0.774. The molecule has 5 nitrogen and oxygen atoms in total. The Morgan fingerprint density at radius 3 is 2.71 bits per heavy atom. The third-order valence-corrected chi connectivity index (χ3v) is 4.03. The molecule has 0 saturated heterocycles. The second kappa shape index (κ2) is 6.28. The topological polar surface area (TPSA) is 88.8 Å². The van der Waals surface area contributed by atoms with Crippen LogP contribution in [0.25, 0.3) is 10.9 Å². The lowest BCUT2D eigenvalue weighted by Gasteiger charge is -2.08. The smallest absolute Gasteiger partial charge is 0.258 e. The van der Waals surface area contributed by atoms with E-state index in [-0.39, 0.29) is 5.56 Å². The highest BCUT2D eigenvalue weighted by atomic mass is 16.1. The molecular weight excluding hydrogens is 302 g/mol. The molecule has 1 heterocycles. The van der Waals surface area contributed by atoms with Crippen molar-refractivity contribution in [2.45, 2.75) is 26.2 Å². The van der Waals surface area contributed by atoms with Crippen LogP contribution >= 0.6 is 0 Å². The van der Waals surface area contributed by atoms with Crippen molar-refractivity contribution in [3.8, 4) is 0 Å². The summed E-state index contributed by atoms with van der Waals surface area (Å²) < 4.78 is 0. The van der Waals surface area contributed by atoms with Crippen LogP contribution in [-0.4, -0.2) is 15.9 Å². The second-order valence-electron chi connectivity index (χ2n) is 6.19. The monoisotopic (exact) mass is 321 g/mol. The van der Waals surface area contributed by atoms with Crippen LogP contribution in [0.5, 0.6) is 0 Å². The van der Waals surface area contributed by atoms with Gasteiger partial charge in [-0.15, -0.1) is 0 Å². The summed E-state index contributed by atoms with van der Waals surface area (Å²) in [4.78, 5) is 31.0. The number of rotatable bonds is 4. The number of amides is 1. The van der Waals surface area contributed by atoms with E-state index >= 15 is 0 Å². The molecular formula is C19H19N3O2. The van der Waals surface area contributed by atoms with Gasteiger partial charge in [0.05, 0.1) is 10.9 Å². The lowest BCUT2D eigenvalue weighted by molar-refractivity contribution is 0.1000. The number of carbonyl (C=O) groups is 1. The summed E-state index contributed by atoms with van der Waals surface area (Å²) in [5.74, 6) is 0.439. The van der Waals surface area contributed by atoms with Crippen molar-refractivity contribution in [1.82, 2.24) is 9.97 Å². The Labute approximate surface area is 139 Å². The number of nitrogens with zero attached hydrogens (tertiary/aromatic N) is 1. The summed E-state index contributed by atoms with van der Waals surface area (Å²) in [6, 6.07) is 12.8. The first kappa shape index (κ1) is 15.9. The summed E-state index contributed by atoms with van der Waals surface area (Å²) in [7, 11) is 0. The molecule has 0 aliphatic carbocycles. The summed E-state index contributed by atoms with van der Waals surface area (Å²) in [6.45, 7) is 4.17. The molecule has 3 rings (SSSR count). The molecule has 3 aromatic rings. The summed E-state index contributed by atoms with van der Waals surface area (Å²) in [5.41, 5.74) is 8.24. The molecule has 0 aliphatic rings. The predicted molar refractivity (Wildman–Crippen MR) is 94.2 cm³/mol. The van der Waals surface area contributed by atoms with Crippen LogP contribution in [0.3, 0.4) is 0 Å². The fourth-order valence-electron chi connectivity index (χ4n) is 2.68. The average molecular weight is 321 g/mol. The normalized spacial score (nSPS) is 11.1. The molecule has 2 aromatic carbocycles. The first-order valence-corrected chi connectivity index (χ1v) is 7.85. The molecule has 0 unspecified atom stereocenters. The van der Waals surface area contributed by atoms with Gasteiger partial charge in [0.1, 0.15) is 5.82 Å². The fraction of sp³-hybridized carbons (Fsp3) is 0.211. The van der Waals surface area contributed by atoms with Gasteiger partial charge in [0.15, 0.2) is 0 Å². The third kappa shape index (κ3) is 3.20. The van der Waals surface area contributed by atoms with Crippen molar-refractivity contribution in [3.63, 3.8) is 0 Å². The van der Waals surface area contributed by atoms with Gasteiger partial charge in [-0.1, -0.05) is 32.0 Å². The van der Waals surface area contributed by atoms with Gasteiger partial charge in [0, 0.05) is 12.0 Å². The number of aromatic amines is 1. The lowest BCUT2D eigenvalue weighted by Crippen LogP contribution is -2.13. The minimum Gasteiger partial charge on any atom is -0.366 e. The highest BCUT2D eigenvalue weighted by Crippen LogP contribution is 2.18. The average Bonchev–Trinajstić information content (AvgIpc) is 2.54. The van der Waals surface area contributed by atoms with E-state index in [1.54, 1.807) is 18.2 Å². The van der Waals surface area contributed by atoms with E-state index in [0.717, 1.165) is 11.1 Å². The molecule has 1 aromatic heterocycles. The maximum atomic E-state index is 12.4. The molecule has 0 radical (unpaired) electrons. The van der Waals surface area contributed by atoms with Crippen molar-refractivity contribution in [2.75, 3.05) is 0 Å². The first-order chi connectivity index (χ1) is 11.4. The maximum absolute atomic E-state index is 12.4. The maximum Gasteiger partial charge on any atom is 0.258 e. The number of benzene rings is 2. The fourth-order valence-corrected chi connectivity index (χ4v) is 2.68. The Bertz CT molecular complexity index is 974. The zero-order valence-corrected chi connectivity index (χ0v) is 13.7. The van der Waals surface area contributed by atoms with Gasteiger partial charge in [-0.25, -0.2) is 4.98 Å². The summed E-state index contributed by atoms with van der Waals surface area (Å²) in [6.07, 6.45) is 0.429. The number of nitrogens with one attached hydrogen (secondary N) is 1. The molecule has 0 bridgehead atoms. The van der Waals surface area contributed by atoms with Gasteiger partial charge >= 0.3 is 0 Å². The zero-order chi connectivity index (χ0) is 17.3. The van der Waals surface area contributed by atoms with E-state index in [9.17, 15) is 9.59 Å². The molecule has 0 aliphatic heterocycles. The van der Waals surface area contributed by atoms with Crippen molar-refractivity contribution in [1.29, 1.82) is 0 Å². The molecule has 0 fully saturated rings. The molecule has 122 valence electrons. The van der Waals surface area contributed by atoms with Crippen LogP contribution in [0.2, 0.25) is 0 Å². The molecule has 1 amide bonds. The van der Waals surface area contributed by atoms with E-state index < -0.39 is 5.91 Å². The van der Waals surface area contributed by atoms with Gasteiger partial charge in [-0.3, -0.25) is 9.59 Å². The molecule has 0 spiro atoms. The van der Waals surface area contributed by atoms with Crippen molar-refractivity contribution in [3.05, 3.63) is 75.3 Å². The number of nitrogens with two attached hydrogens (primary N) is 1. The molecule has 5 heteroatoms. The van der Waals surface area contributed by atoms with Crippen LogP contribution in [0.15, 0.2) is 47.3 Å². The number of fused-ring (bicyclic) bond motifs is 1. The van der Waals surface area contributed by atoms with Crippen LogP contribution in [0.4, 0.5) is 0 Å². The van der Waals surface area contributed by atoms with Gasteiger partial charge in [-0.2, -0.15) is 0 Å². The first-order valence-electron chi connectivity index (χ1n) is 7.85. The number of carbonyl (C=O) groups excluding carboxylic acids is 1. The van der Waals surface area contributed by atoms with Gasteiger partial charge < -0.3 is 10.7 Å². The van der Waals surface area contributed by atoms with Crippen LogP contribution < -0.4 is 11.3 Å². The highest BCUT2D eigenvalue weighted by molar-refractivity contribution is 5.92. The van der Waals surface area contributed by atoms with Gasteiger partial charge in [0.2, 0.25) is 5.91 Å². The second-order valence-corrected chi connectivity index (χ2v) is 6.19. The number of aromatic nitrogens is 2. The van der Waals surface area contributed by atoms with Crippen molar-refractivity contribution < 1.29 is 4.79 Å². The molecule has 0 atom stereocenters. The zero-order valence-electron chi connectivity index (χ0n) is 13.7. The minimum atomic E-state index is -0.474. The van der Waals surface area contributed by atoms with Crippen molar-refractivity contribution >= 4 is 16.8 Å². The Kier molecular flexibility index (Phi) is 4.16. The third-order valence-electron chi connectivity index (χ3n) is 4.03. The largest absolute Gasteiger partial charge is 0.366 e. The number of hydrogen-bond acceptors (Lipinski definition) is 3. The minimum absolute atomic E-state index is 0.149. The Balaban J connectivity index is 1.99. The standard InChI is InChI=1S/C19H19N3O2/c1-11(2)13-6-7-16-15(10-13)19(24)22-17(21-16)9-12-4-3-5-14(8-12)18(20)23/h3-8,10-11H,9H2,1-2H3,(H2,20,23)(H,21,22,24). The highest BCUT2D eigenvalue weighted by Gasteiger charge is 2.08. The Morgan fingerprint density at radius 1 is 1.21 bits per heavy atom. The Morgan fingerprint density at radius 2 is 2.00 bits per heavy atom. The lowest BCUT2D eigenvalue weighted by atomic mass is 10.0. The molecule has 3 N–H and O–H groups in total. The van der Waals surface area contributed by atoms with E-state index in [1.807, 2.05) is 24.3 Å². The van der Waals surface area contributed by atoms with Crippen LogP contribution in [-0.2, 0) is 6.42 Å². The van der Waals surface area contributed by atoms with Crippen LogP contribution in [0, 0.1) is 0 Å². The summed E-state index contributed by atoms with van der Waals surface area (Å²) in [5, 5.41) is 0.593. The Hall–Kier alpha value is -2.95. The summed E-state index contributed by atoms with van der Waals surface area (Å²) >= 11 is 0. The molecule has 24 heavy (non-hydrogen) atoms.